The van der Waals surface area contributed by atoms with Gasteiger partial charge in [0.25, 0.3) is 0 Å². The monoisotopic (exact) mass is 434 g/mol. The molecule has 2 unspecified atom stereocenters. The smallest absolute Gasteiger partial charge is 0.193 e. The molecule has 1 aliphatic heterocycles. The summed E-state index contributed by atoms with van der Waals surface area (Å²) in [7, 11) is 0. The summed E-state index contributed by atoms with van der Waals surface area (Å²) in [4.78, 5) is 25.1. The van der Waals surface area contributed by atoms with Crippen molar-refractivity contribution in [2.24, 2.45) is 22.7 Å². The highest BCUT2D eigenvalue weighted by molar-refractivity contribution is 6.01. The van der Waals surface area contributed by atoms with E-state index in [1.807, 2.05) is 6.92 Å². The molecule has 3 saturated carbocycles. The van der Waals surface area contributed by atoms with Crippen LogP contribution in [0.3, 0.4) is 0 Å². The Morgan fingerprint density at radius 1 is 1.26 bits per heavy atom. The summed E-state index contributed by atoms with van der Waals surface area (Å²) in [6, 6.07) is 0. The summed E-state index contributed by atoms with van der Waals surface area (Å²) in [6.45, 7) is 6.41. The number of carbonyl (C=O) groups is 2. The number of aliphatic hydroxyl groups is 2. The van der Waals surface area contributed by atoms with Crippen LogP contribution >= 0.6 is 0 Å². The number of fused-ring (bicyclic) bond motifs is 7. The first-order valence-electron chi connectivity index (χ1n) is 11.2. The van der Waals surface area contributed by atoms with Gasteiger partial charge in [-0.05, 0) is 64.5 Å². The zero-order chi connectivity index (χ0) is 22.6. The van der Waals surface area contributed by atoms with Crippen molar-refractivity contribution in [3.63, 3.8) is 0 Å². The number of Topliss-reactive ketones (excluding diaryl/α,β-unsaturated/α-hetero) is 1. The zero-order valence-corrected chi connectivity index (χ0v) is 18.5. The number of hydrogen-bond donors (Lipinski definition) is 2. The lowest BCUT2D eigenvalue weighted by Gasteiger charge is -2.62. The lowest BCUT2D eigenvalue weighted by molar-refractivity contribution is -0.246. The lowest BCUT2D eigenvalue weighted by atomic mass is 9.44. The summed E-state index contributed by atoms with van der Waals surface area (Å²) < 4.78 is 29.5. The Labute approximate surface area is 181 Å². The number of rotatable bonds is 2. The van der Waals surface area contributed by atoms with E-state index < -0.39 is 58.4 Å². The second-order valence-electron chi connectivity index (χ2n) is 10.9. The Morgan fingerprint density at radius 2 is 1.97 bits per heavy atom. The lowest BCUT2D eigenvalue weighted by Crippen LogP contribution is -2.70. The summed E-state index contributed by atoms with van der Waals surface area (Å²) in [5, 5.41) is 21.2. The molecule has 0 radical (unpaired) electrons. The molecule has 6 nitrogen and oxygen atoms in total. The van der Waals surface area contributed by atoms with Crippen LogP contribution in [0.2, 0.25) is 0 Å². The maximum Gasteiger partial charge on any atom is 0.193 e. The maximum atomic E-state index is 17.1. The Bertz CT molecular complexity index is 925. The number of allylic oxidation sites excluding steroid dienone is 4. The third-order valence-corrected chi connectivity index (χ3v) is 9.19. The van der Waals surface area contributed by atoms with Gasteiger partial charge in [-0.15, -0.1) is 0 Å². The Balaban J connectivity index is 1.64. The molecule has 170 valence electrons. The molecule has 4 fully saturated rings. The molecule has 5 aliphatic rings. The minimum atomic E-state index is -1.98. The third-order valence-electron chi connectivity index (χ3n) is 9.19. The molecular formula is C24H31FO6. The molecule has 2 N–H and O–H groups in total. The van der Waals surface area contributed by atoms with Gasteiger partial charge in [-0.2, -0.15) is 0 Å². The second-order valence-corrected chi connectivity index (χ2v) is 10.9. The number of alkyl halides is 1. The highest BCUT2D eigenvalue weighted by Crippen LogP contribution is 2.72. The molecule has 7 heteroatoms. The highest BCUT2D eigenvalue weighted by Gasteiger charge is 2.79. The van der Waals surface area contributed by atoms with Crippen LogP contribution in [-0.4, -0.2) is 57.7 Å². The number of ketones is 2. The summed E-state index contributed by atoms with van der Waals surface area (Å²) in [5.41, 5.74) is -4.66. The molecular weight excluding hydrogens is 403 g/mol. The predicted octanol–water partition coefficient (Wildman–Crippen LogP) is 2.42. The SMILES string of the molecule is CC1(C)O[C@@H]2C[C@@H]3[C@@H]4CCC5=CC(=O)C=C[C@]5(C)C4(F)C(O)C[C@]3(C)[C@]2(C(=O)CO)O1. The van der Waals surface area contributed by atoms with Crippen molar-refractivity contribution in [2.45, 2.75) is 82.6 Å². The van der Waals surface area contributed by atoms with Crippen LogP contribution in [-0.2, 0) is 19.1 Å². The van der Waals surface area contributed by atoms with E-state index >= 15 is 4.39 Å². The fourth-order valence-corrected chi connectivity index (χ4v) is 7.93. The average Bonchev–Trinajstić information content (AvgIpc) is 3.09. The molecule has 0 aromatic heterocycles. The standard InChI is InChI=1S/C24H31FO6/c1-20(2)30-19-10-16-15-6-5-13-9-14(27)7-8-21(13,3)23(15,25)17(28)11-22(16,4)24(19,31-20)18(29)12-26/h7-9,15-17,19,26,28H,5-6,10-12H2,1-4H3/t15-,16+,17?,19+,21-,22-,23?,24+/m0/s1. The fourth-order valence-electron chi connectivity index (χ4n) is 7.93. The molecule has 0 spiro atoms. The van der Waals surface area contributed by atoms with Gasteiger partial charge in [-0.1, -0.05) is 18.6 Å². The zero-order valence-electron chi connectivity index (χ0n) is 18.5. The molecule has 4 aliphatic carbocycles. The quantitative estimate of drug-likeness (QED) is 0.694. The predicted molar refractivity (Wildman–Crippen MR) is 109 cm³/mol. The molecule has 0 amide bonds. The van der Waals surface area contributed by atoms with Crippen LogP contribution in [0, 0.1) is 22.7 Å². The number of aliphatic hydroxyl groups excluding tert-OH is 2. The van der Waals surface area contributed by atoms with E-state index in [9.17, 15) is 19.8 Å². The van der Waals surface area contributed by atoms with Crippen LogP contribution in [0.4, 0.5) is 4.39 Å². The number of carbonyl (C=O) groups excluding carboxylic acids is 2. The van der Waals surface area contributed by atoms with Gasteiger partial charge < -0.3 is 19.7 Å². The molecule has 31 heavy (non-hydrogen) atoms. The Morgan fingerprint density at radius 3 is 2.65 bits per heavy atom. The molecule has 0 aromatic carbocycles. The average molecular weight is 435 g/mol. The minimum absolute atomic E-state index is 0.0109. The first kappa shape index (κ1) is 21.4. The van der Waals surface area contributed by atoms with E-state index in [1.54, 1.807) is 26.8 Å². The summed E-state index contributed by atoms with van der Waals surface area (Å²) in [5.74, 6) is -2.46. The first-order chi connectivity index (χ1) is 14.4. The number of halogens is 1. The first-order valence-corrected chi connectivity index (χ1v) is 11.2. The van der Waals surface area contributed by atoms with Crippen molar-refractivity contribution in [1.29, 1.82) is 0 Å². The van der Waals surface area contributed by atoms with Crippen LogP contribution < -0.4 is 0 Å². The maximum absolute atomic E-state index is 17.1. The molecule has 0 bridgehead atoms. The van der Waals surface area contributed by atoms with Gasteiger partial charge in [0, 0.05) is 16.7 Å². The van der Waals surface area contributed by atoms with Gasteiger partial charge in [0.15, 0.2) is 28.6 Å². The van der Waals surface area contributed by atoms with E-state index in [-0.39, 0.29) is 18.1 Å². The Hall–Kier alpha value is -1.41. The van der Waals surface area contributed by atoms with Crippen molar-refractivity contribution in [3.8, 4) is 0 Å². The van der Waals surface area contributed by atoms with Crippen LogP contribution in [0.15, 0.2) is 23.8 Å². The molecule has 0 aromatic rings. The van der Waals surface area contributed by atoms with E-state index in [1.165, 1.54) is 12.2 Å². The number of ether oxygens (including phenoxy) is 2. The van der Waals surface area contributed by atoms with Crippen molar-refractivity contribution >= 4 is 11.6 Å². The van der Waals surface area contributed by atoms with Gasteiger partial charge in [-0.25, -0.2) is 4.39 Å². The van der Waals surface area contributed by atoms with Gasteiger partial charge in [0.05, 0.1) is 12.2 Å². The third kappa shape index (κ3) is 2.31. The highest BCUT2D eigenvalue weighted by atomic mass is 19.1. The number of hydrogen-bond acceptors (Lipinski definition) is 6. The van der Waals surface area contributed by atoms with E-state index in [4.69, 9.17) is 9.47 Å². The summed E-state index contributed by atoms with van der Waals surface area (Å²) >= 11 is 0. The van der Waals surface area contributed by atoms with Crippen molar-refractivity contribution in [2.75, 3.05) is 6.61 Å². The Kier molecular flexibility index (Phi) is 4.24. The van der Waals surface area contributed by atoms with Gasteiger partial charge in [-0.3, -0.25) is 9.59 Å². The largest absolute Gasteiger partial charge is 0.390 e. The summed E-state index contributed by atoms with van der Waals surface area (Å²) in [6.07, 6.45) is 4.00. The van der Waals surface area contributed by atoms with Crippen molar-refractivity contribution in [3.05, 3.63) is 23.8 Å². The second kappa shape index (κ2) is 6.13. The minimum Gasteiger partial charge on any atom is -0.390 e. The fraction of sp³-hybridized carbons (Fsp3) is 0.750. The van der Waals surface area contributed by atoms with Gasteiger partial charge >= 0.3 is 0 Å². The molecule has 1 saturated heterocycles. The van der Waals surface area contributed by atoms with Crippen LogP contribution in [0.25, 0.3) is 0 Å². The van der Waals surface area contributed by atoms with E-state index in [0.717, 1.165) is 5.57 Å². The van der Waals surface area contributed by atoms with E-state index in [0.29, 0.717) is 19.3 Å². The van der Waals surface area contributed by atoms with Crippen molar-refractivity contribution in [1.82, 2.24) is 0 Å². The molecule has 8 atom stereocenters. The van der Waals surface area contributed by atoms with Gasteiger partial charge in [0.2, 0.25) is 0 Å². The topological polar surface area (TPSA) is 93.1 Å². The molecule has 1 heterocycles. The van der Waals surface area contributed by atoms with Crippen LogP contribution in [0.1, 0.15) is 53.4 Å². The van der Waals surface area contributed by atoms with E-state index in [2.05, 4.69) is 0 Å². The van der Waals surface area contributed by atoms with Gasteiger partial charge in [0.1, 0.15) is 6.61 Å². The molecule has 5 rings (SSSR count). The normalized spacial score (nSPS) is 52.1. The van der Waals surface area contributed by atoms with Crippen LogP contribution in [0.5, 0.6) is 0 Å². The van der Waals surface area contributed by atoms with Crippen molar-refractivity contribution < 1.29 is 33.7 Å².